The minimum absolute atomic E-state index is 0.221. The molecule has 0 unspecified atom stereocenters. The molecule has 4 rings (SSSR count). The highest BCUT2D eigenvalue weighted by molar-refractivity contribution is 5.97. The van der Waals surface area contributed by atoms with E-state index in [1.807, 2.05) is 30.3 Å². The molecule has 1 aromatic heterocycles. The number of H-pyrrole nitrogens is 1. The van der Waals surface area contributed by atoms with Crippen molar-refractivity contribution in [2.24, 2.45) is 5.10 Å². The molecule has 30 heavy (non-hydrogen) atoms. The Morgan fingerprint density at radius 2 is 1.90 bits per heavy atom. The Hall–Kier alpha value is -4.14. The molecule has 0 saturated heterocycles. The number of hydrazone groups is 1. The maximum Gasteiger partial charge on any atom is 0.259 e. The van der Waals surface area contributed by atoms with Crippen LogP contribution in [0.4, 0.5) is 0 Å². The third kappa shape index (κ3) is 4.46. The van der Waals surface area contributed by atoms with Gasteiger partial charge in [-0.1, -0.05) is 30.3 Å². The smallest absolute Gasteiger partial charge is 0.259 e. The maximum absolute atomic E-state index is 12.3. The summed E-state index contributed by atoms with van der Waals surface area (Å²) in [7, 11) is 0. The molecule has 2 amide bonds. The largest absolute Gasteiger partial charge is 0.486 e. The van der Waals surface area contributed by atoms with Crippen LogP contribution in [0, 0.1) is 0 Å². The number of nitrogens with zero attached hydrogens (tertiary/aromatic N) is 2. The van der Waals surface area contributed by atoms with Crippen molar-refractivity contribution >= 4 is 18.0 Å². The summed E-state index contributed by atoms with van der Waals surface area (Å²) in [5, 5.41) is 13.4. The van der Waals surface area contributed by atoms with Crippen LogP contribution in [-0.2, 0) is 4.79 Å². The number of fused-ring (bicyclic) bond motifs is 1. The van der Waals surface area contributed by atoms with E-state index in [1.165, 1.54) is 6.21 Å². The molecule has 0 atom stereocenters. The number of carbonyl (C=O) groups is 2. The number of ether oxygens (including phenoxy) is 2. The van der Waals surface area contributed by atoms with Crippen molar-refractivity contribution in [3.63, 3.8) is 0 Å². The van der Waals surface area contributed by atoms with Crippen LogP contribution in [0.15, 0.2) is 59.8 Å². The Bertz CT molecular complexity index is 1080. The average Bonchev–Trinajstić information content (AvgIpc) is 3.26. The Morgan fingerprint density at radius 3 is 2.73 bits per heavy atom. The first-order chi connectivity index (χ1) is 14.7. The summed E-state index contributed by atoms with van der Waals surface area (Å²) in [4.78, 5) is 24.2. The van der Waals surface area contributed by atoms with Crippen molar-refractivity contribution < 1.29 is 19.1 Å². The summed E-state index contributed by atoms with van der Waals surface area (Å²) in [6.45, 7) is 0.688. The summed E-state index contributed by atoms with van der Waals surface area (Å²) in [5.74, 6) is 0.255. The van der Waals surface area contributed by atoms with Crippen LogP contribution in [0.2, 0.25) is 0 Å². The maximum atomic E-state index is 12.3. The van der Waals surface area contributed by atoms with E-state index in [1.54, 1.807) is 24.4 Å². The Morgan fingerprint density at radius 1 is 1.10 bits per heavy atom. The predicted molar refractivity (Wildman–Crippen MR) is 110 cm³/mol. The van der Waals surface area contributed by atoms with Crippen LogP contribution in [-0.4, -0.2) is 48.0 Å². The highest BCUT2D eigenvalue weighted by Gasteiger charge is 2.15. The average molecular weight is 405 g/mol. The van der Waals surface area contributed by atoms with Crippen molar-refractivity contribution in [2.45, 2.75) is 0 Å². The second kappa shape index (κ2) is 8.91. The van der Waals surface area contributed by atoms with Crippen LogP contribution < -0.4 is 20.2 Å². The minimum Gasteiger partial charge on any atom is -0.486 e. The van der Waals surface area contributed by atoms with E-state index in [4.69, 9.17) is 9.47 Å². The highest BCUT2D eigenvalue weighted by atomic mass is 16.6. The van der Waals surface area contributed by atoms with Crippen LogP contribution in [0.5, 0.6) is 11.5 Å². The van der Waals surface area contributed by atoms with Crippen LogP contribution in [0.3, 0.4) is 0 Å². The molecule has 1 aliphatic rings. The number of hydrogen-bond acceptors (Lipinski definition) is 6. The molecule has 9 heteroatoms. The molecular formula is C21H19N5O4. The molecule has 1 aliphatic heterocycles. The number of amides is 2. The van der Waals surface area contributed by atoms with Gasteiger partial charge in [-0.05, 0) is 18.2 Å². The number of aromatic nitrogens is 2. The van der Waals surface area contributed by atoms with Gasteiger partial charge in [-0.15, -0.1) is 0 Å². The molecule has 2 heterocycles. The summed E-state index contributed by atoms with van der Waals surface area (Å²) >= 11 is 0. The molecule has 2 aromatic carbocycles. The number of benzene rings is 2. The van der Waals surface area contributed by atoms with Gasteiger partial charge in [0.05, 0.1) is 24.7 Å². The van der Waals surface area contributed by atoms with E-state index in [0.29, 0.717) is 30.3 Å². The number of hydrogen-bond donors (Lipinski definition) is 3. The molecule has 0 bridgehead atoms. The van der Waals surface area contributed by atoms with E-state index in [0.717, 1.165) is 16.8 Å². The summed E-state index contributed by atoms with van der Waals surface area (Å²) < 4.78 is 10.9. The highest BCUT2D eigenvalue weighted by Crippen LogP contribution is 2.30. The second-order valence-electron chi connectivity index (χ2n) is 6.40. The normalized spacial score (nSPS) is 12.5. The van der Waals surface area contributed by atoms with Gasteiger partial charge in [0.15, 0.2) is 11.5 Å². The molecule has 0 radical (unpaired) electrons. The van der Waals surface area contributed by atoms with Crippen molar-refractivity contribution in [3.8, 4) is 22.8 Å². The van der Waals surface area contributed by atoms with Gasteiger partial charge >= 0.3 is 0 Å². The second-order valence-corrected chi connectivity index (χ2v) is 6.40. The lowest BCUT2D eigenvalue weighted by molar-refractivity contribution is -0.120. The van der Waals surface area contributed by atoms with Gasteiger partial charge < -0.3 is 14.8 Å². The fourth-order valence-electron chi connectivity index (χ4n) is 2.89. The van der Waals surface area contributed by atoms with Crippen molar-refractivity contribution in [2.75, 3.05) is 19.8 Å². The van der Waals surface area contributed by atoms with E-state index in [2.05, 4.69) is 26.0 Å². The number of aromatic amines is 1. The van der Waals surface area contributed by atoms with E-state index in [-0.39, 0.29) is 6.54 Å². The number of rotatable bonds is 6. The summed E-state index contributed by atoms with van der Waals surface area (Å²) in [5.41, 5.74) is 5.23. The molecule has 0 spiro atoms. The Balaban J connectivity index is 1.30. The van der Waals surface area contributed by atoms with E-state index >= 15 is 0 Å². The quantitative estimate of drug-likeness (QED) is 0.426. The first-order valence-electron chi connectivity index (χ1n) is 9.29. The van der Waals surface area contributed by atoms with Gasteiger partial charge in [0.25, 0.3) is 11.8 Å². The van der Waals surface area contributed by atoms with Crippen molar-refractivity contribution in [1.29, 1.82) is 0 Å². The monoisotopic (exact) mass is 405 g/mol. The van der Waals surface area contributed by atoms with Gasteiger partial charge in [-0.3, -0.25) is 14.7 Å². The number of nitrogens with one attached hydrogen (secondary N) is 3. The molecule has 152 valence electrons. The lowest BCUT2D eigenvalue weighted by Gasteiger charge is -2.18. The first kappa shape index (κ1) is 19.2. The SMILES string of the molecule is O=C(CNC(=O)c1ccc2c(c1)OCCO2)N/N=C\c1cn[nH]c1-c1ccccc1. The Labute approximate surface area is 172 Å². The fourth-order valence-corrected chi connectivity index (χ4v) is 2.89. The van der Waals surface area contributed by atoms with Gasteiger partial charge in [0.2, 0.25) is 0 Å². The van der Waals surface area contributed by atoms with Gasteiger partial charge in [-0.25, -0.2) is 5.43 Å². The number of carbonyl (C=O) groups excluding carboxylic acids is 2. The lowest BCUT2D eigenvalue weighted by Crippen LogP contribution is -2.35. The predicted octanol–water partition coefficient (Wildman–Crippen LogP) is 1.73. The van der Waals surface area contributed by atoms with Crippen molar-refractivity contribution in [1.82, 2.24) is 20.9 Å². The Kier molecular flexibility index (Phi) is 5.70. The third-order valence-electron chi connectivity index (χ3n) is 4.34. The fraction of sp³-hybridized carbons (Fsp3) is 0.143. The molecule has 3 aromatic rings. The zero-order chi connectivity index (χ0) is 20.8. The molecular weight excluding hydrogens is 386 g/mol. The van der Waals surface area contributed by atoms with Crippen LogP contribution in [0.1, 0.15) is 15.9 Å². The molecule has 3 N–H and O–H groups in total. The van der Waals surface area contributed by atoms with Crippen LogP contribution >= 0.6 is 0 Å². The lowest BCUT2D eigenvalue weighted by atomic mass is 10.1. The van der Waals surface area contributed by atoms with Crippen molar-refractivity contribution in [3.05, 3.63) is 65.9 Å². The van der Waals surface area contributed by atoms with Gasteiger partial charge in [-0.2, -0.15) is 10.2 Å². The zero-order valence-corrected chi connectivity index (χ0v) is 15.9. The first-order valence-corrected chi connectivity index (χ1v) is 9.29. The summed E-state index contributed by atoms with van der Waals surface area (Å²) in [6.07, 6.45) is 3.11. The van der Waals surface area contributed by atoms with E-state index in [9.17, 15) is 9.59 Å². The molecule has 0 fully saturated rings. The molecule has 0 saturated carbocycles. The van der Waals surface area contributed by atoms with Crippen LogP contribution in [0.25, 0.3) is 11.3 Å². The van der Waals surface area contributed by atoms with Gasteiger partial charge in [0.1, 0.15) is 13.2 Å². The molecule has 0 aliphatic carbocycles. The summed E-state index contributed by atoms with van der Waals surface area (Å²) in [6, 6.07) is 14.5. The third-order valence-corrected chi connectivity index (χ3v) is 4.34. The minimum atomic E-state index is -0.457. The van der Waals surface area contributed by atoms with E-state index < -0.39 is 11.8 Å². The zero-order valence-electron chi connectivity index (χ0n) is 15.9. The van der Waals surface area contributed by atoms with Gasteiger partial charge in [0, 0.05) is 16.7 Å². The standard InChI is InChI=1S/C21H19N5O4/c27-19(13-22-21(28)15-6-7-17-18(10-15)30-9-8-29-17)25-23-11-16-12-24-26-20(16)14-4-2-1-3-5-14/h1-7,10-12H,8-9,13H2,(H,22,28)(H,24,26)(H,25,27)/b23-11-. The topological polar surface area (TPSA) is 118 Å². The molecule has 9 nitrogen and oxygen atoms in total.